The first kappa shape index (κ1) is 21.6. The van der Waals surface area contributed by atoms with Gasteiger partial charge in [0.1, 0.15) is 5.75 Å². The van der Waals surface area contributed by atoms with Gasteiger partial charge in [-0.25, -0.2) is 15.6 Å². The number of rotatable bonds is 5. The van der Waals surface area contributed by atoms with E-state index in [1.54, 1.807) is 19.1 Å². The van der Waals surface area contributed by atoms with E-state index in [1.807, 2.05) is 6.92 Å². The van der Waals surface area contributed by atoms with E-state index in [2.05, 4.69) is 21.1 Å². The molecule has 0 unspecified atom stereocenters. The lowest BCUT2D eigenvalue weighted by Gasteiger charge is -2.07. The Balaban J connectivity index is 2.13. The molecule has 0 fully saturated rings. The Kier molecular flexibility index (Phi) is 6.73. The predicted molar refractivity (Wildman–Crippen MR) is 109 cm³/mol. The summed E-state index contributed by atoms with van der Waals surface area (Å²) in [5.74, 6) is -0.599. The first-order chi connectivity index (χ1) is 13.6. The van der Waals surface area contributed by atoms with Crippen LogP contribution in [-0.2, 0) is 0 Å². The molecule has 0 saturated heterocycles. The quantitative estimate of drug-likeness (QED) is 0.332. The van der Waals surface area contributed by atoms with Gasteiger partial charge in [-0.2, -0.15) is 10.2 Å². The predicted octanol–water partition coefficient (Wildman–Crippen LogP) is 3.42. The number of hydrazone groups is 2. The number of amides is 2. The van der Waals surface area contributed by atoms with Crippen LogP contribution in [0.5, 0.6) is 11.5 Å². The maximum Gasteiger partial charge on any atom is 0.355 e. The fourth-order valence-electron chi connectivity index (χ4n) is 2.35. The van der Waals surface area contributed by atoms with Crippen LogP contribution >= 0.6 is 11.6 Å². The number of hydrogen-bond acceptors (Lipinski definition) is 7. The summed E-state index contributed by atoms with van der Waals surface area (Å²) in [6, 6.07) is 6.46. The molecule has 2 aromatic carbocycles. The molecule has 29 heavy (non-hydrogen) atoms. The average molecular weight is 420 g/mol. The van der Waals surface area contributed by atoms with Gasteiger partial charge in [-0.3, -0.25) is 10.1 Å². The lowest BCUT2D eigenvalue weighted by atomic mass is 10.1. The highest BCUT2D eigenvalue weighted by atomic mass is 35.5. The minimum Gasteiger partial charge on any atom is -0.507 e. The summed E-state index contributed by atoms with van der Waals surface area (Å²) in [6.45, 7) is 4.88. The second kappa shape index (κ2) is 9.02. The van der Waals surface area contributed by atoms with Crippen molar-refractivity contribution < 1.29 is 19.9 Å². The van der Waals surface area contributed by atoms with Crippen molar-refractivity contribution in [1.29, 1.82) is 0 Å². The van der Waals surface area contributed by atoms with E-state index in [-0.39, 0.29) is 22.0 Å². The molecule has 0 aliphatic carbocycles. The molecule has 0 aliphatic heterocycles. The normalized spacial score (nSPS) is 11.9. The van der Waals surface area contributed by atoms with Crippen LogP contribution < -0.4 is 10.9 Å². The molecule has 0 saturated carbocycles. The highest BCUT2D eigenvalue weighted by Gasteiger charge is 2.20. The topological polar surface area (TPSA) is 149 Å². The van der Waals surface area contributed by atoms with Gasteiger partial charge in [0, 0.05) is 22.2 Å². The zero-order chi connectivity index (χ0) is 21.7. The lowest BCUT2D eigenvalue weighted by molar-refractivity contribution is -0.385. The van der Waals surface area contributed by atoms with E-state index in [1.165, 1.54) is 19.1 Å². The molecule has 2 rings (SSSR count). The number of halogens is 1. The van der Waals surface area contributed by atoms with E-state index in [0.29, 0.717) is 11.3 Å². The summed E-state index contributed by atoms with van der Waals surface area (Å²) in [7, 11) is 0. The third-order valence-corrected chi connectivity index (χ3v) is 4.05. The van der Waals surface area contributed by atoms with E-state index in [4.69, 9.17) is 11.6 Å². The molecule has 4 N–H and O–H groups in total. The maximum atomic E-state index is 11.9. The number of nitrogens with one attached hydrogen (secondary N) is 2. The summed E-state index contributed by atoms with van der Waals surface area (Å²) in [6.07, 6.45) is 0. The number of urea groups is 1. The summed E-state index contributed by atoms with van der Waals surface area (Å²) < 4.78 is 0. The Bertz CT molecular complexity index is 1040. The largest absolute Gasteiger partial charge is 0.507 e. The fraction of sp³-hybridized carbons (Fsp3) is 0.167. The second-order valence-corrected chi connectivity index (χ2v) is 6.48. The van der Waals surface area contributed by atoms with E-state index in [9.17, 15) is 25.1 Å². The Morgan fingerprint density at radius 3 is 2.24 bits per heavy atom. The van der Waals surface area contributed by atoms with Gasteiger partial charge in [0.15, 0.2) is 0 Å². The molecule has 10 nitrogen and oxygen atoms in total. The molecule has 152 valence electrons. The maximum absolute atomic E-state index is 11.9. The lowest BCUT2D eigenvalue weighted by Crippen LogP contribution is -2.30. The second-order valence-electron chi connectivity index (χ2n) is 6.05. The van der Waals surface area contributed by atoms with Crippen LogP contribution in [0, 0.1) is 17.0 Å². The number of nitro groups is 1. The summed E-state index contributed by atoms with van der Waals surface area (Å²) in [4.78, 5) is 22.1. The molecule has 2 aromatic rings. The van der Waals surface area contributed by atoms with Gasteiger partial charge in [-0.05, 0) is 39.0 Å². The Morgan fingerprint density at radius 2 is 1.66 bits per heavy atom. The van der Waals surface area contributed by atoms with E-state index in [0.717, 1.165) is 11.6 Å². The number of hydrogen-bond donors (Lipinski definition) is 4. The van der Waals surface area contributed by atoms with Crippen molar-refractivity contribution >= 4 is 34.7 Å². The molecular formula is C18H18ClN5O5. The van der Waals surface area contributed by atoms with Crippen LogP contribution in [0.1, 0.15) is 30.5 Å². The van der Waals surface area contributed by atoms with Crippen molar-refractivity contribution in [3.05, 3.63) is 62.2 Å². The van der Waals surface area contributed by atoms with E-state index < -0.39 is 22.4 Å². The van der Waals surface area contributed by atoms with Crippen molar-refractivity contribution in [2.24, 2.45) is 10.2 Å². The van der Waals surface area contributed by atoms with Crippen molar-refractivity contribution in [3.8, 4) is 11.5 Å². The zero-order valence-electron chi connectivity index (χ0n) is 15.7. The summed E-state index contributed by atoms with van der Waals surface area (Å²) >= 11 is 5.83. The number of carbonyl (C=O) groups excluding carboxylic acids is 1. The van der Waals surface area contributed by atoms with Crippen LogP contribution in [-0.4, -0.2) is 32.6 Å². The van der Waals surface area contributed by atoms with Gasteiger partial charge in [0.2, 0.25) is 5.75 Å². The first-order valence-electron chi connectivity index (χ1n) is 8.22. The monoisotopic (exact) mass is 419 g/mol. The van der Waals surface area contributed by atoms with E-state index >= 15 is 0 Å². The third-order valence-electron chi connectivity index (χ3n) is 3.83. The van der Waals surface area contributed by atoms with Crippen molar-refractivity contribution in [2.75, 3.05) is 0 Å². The molecule has 0 aliphatic rings. The molecule has 0 spiro atoms. The average Bonchev–Trinajstić information content (AvgIpc) is 2.67. The number of nitrogens with zero attached hydrogens (tertiary/aromatic N) is 3. The number of phenols is 2. The third kappa shape index (κ3) is 5.42. The number of benzene rings is 2. The van der Waals surface area contributed by atoms with Crippen LogP contribution in [0.15, 0.2) is 40.5 Å². The van der Waals surface area contributed by atoms with Gasteiger partial charge < -0.3 is 10.2 Å². The standard InChI is InChI=1S/C18H18ClN5O5/c1-9-4-5-16(25)13(6-9)10(2)20-22-18(27)23-21-11(3)14-7-12(19)8-15(17(14)26)24(28)29/h4-8,25-26H,1-3H3,(H2,22,23,27)/b20-10+,21-11+. The van der Waals surface area contributed by atoms with Gasteiger partial charge in [0.05, 0.1) is 16.3 Å². The smallest absolute Gasteiger partial charge is 0.355 e. The Labute approximate surface area is 170 Å². The minimum absolute atomic E-state index is 0.00568. The number of aromatic hydroxyl groups is 2. The highest BCUT2D eigenvalue weighted by Crippen LogP contribution is 2.33. The number of nitro benzene ring substituents is 1. The first-order valence-corrected chi connectivity index (χ1v) is 8.59. The number of carbonyl (C=O) groups is 1. The van der Waals surface area contributed by atoms with Crippen LogP contribution in [0.25, 0.3) is 0 Å². The van der Waals surface area contributed by atoms with Crippen molar-refractivity contribution in [2.45, 2.75) is 20.8 Å². The molecule has 0 heterocycles. The molecule has 11 heteroatoms. The van der Waals surface area contributed by atoms with Gasteiger partial charge in [-0.1, -0.05) is 23.2 Å². The minimum atomic E-state index is -0.799. The fourth-order valence-corrected chi connectivity index (χ4v) is 2.57. The highest BCUT2D eigenvalue weighted by molar-refractivity contribution is 6.31. The van der Waals surface area contributed by atoms with Crippen molar-refractivity contribution in [3.63, 3.8) is 0 Å². The Morgan fingerprint density at radius 1 is 1.07 bits per heavy atom. The molecule has 0 radical (unpaired) electrons. The van der Waals surface area contributed by atoms with Gasteiger partial charge >= 0.3 is 11.7 Å². The zero-order valence-corrected chi connectivity index (χ0v) is 16.5. The Hall–Kier alpha value is -3.66. The summed E-state index contributed by atoms with van der Waals surface area (Å²) in [5, 5.41) is 38.5. The van der Waals surface area contributed by atoms with Gasteiger partial charge in [-0.15, -0.1) is 0 Å². The molecule has 0 atom stereocenters. The molecule has 0 aromatic heterocycles. The molecule has 2 amide bonds. The SMILES string of the molecule is C/C(=N\NC(=O)N/N=C(\C)c1cc(Cl)cc([N+](=O)[O-])c1O)c1cc(C)ccc1O. The van der Waals surface area contributed by atoms with Crippen molar-refractivity contribution in [1.82, 2.24) is 10.9 Å². The number of aryl methyl sites for hydroxylation is 1. The van der Waals surface area contributed by atoms with Crippen LogP contribution in [0.2, 0.25) is 5.02 Å². The van der Waals surface area contributed by atoms with Crippen LogP contribution in [0.4, 0.5) is 10.5 Å². The molecular weight excluding hydrogens is 402 g/mol. The number of phenolic OH excluding ortho intramolecular Hbond substituents is 2. The molecule has 0 bridgehead atoms. The van der Waals surface area contributed by atoms with Gasteiger partial charge in [0.25, 0.3) is 0 Å². The summed E-state index contributed by atoms with van der Waals surface area (Å²) in [5.41, 5.74) is 5.60. The van der Waals surface area contributed by atoms with Crippen LogP contribution in [0.3, 0.4) is 0 Å².